The molecule has 0 bridgehead atoms. The van der Waals surface area contributed by atoms with Gasteiger partial charge in [-0.3, -0.25) is 9.89 Å². The number of aromatic amines is 1. The minimum absolute atomic E-state index is 0.0682. The molecule has 0 spiro atoms. The van der Waals surface area contributed by atoms with Crippen molar-refractivity contribution >= 4 is 33.8 Å². The average Bonchev–Trinajstić information content (AvgIpc) is 2.96. The third kappa shape index (κ3) is 1.89. The third-order valence-electron chi connectivity index (χ3n) is 2.77. The van der Waals surface area contributed by atoms with Crippen molar-refractivity contribution in [2.75, 3.05) is 5.32 Å². The predicted octanol–water partition coefficient (Wildman–Crippen LogP) is 3.19. The number of aromatic nitrogens is 2. The first-order valence-electron chi connectivity index (χ1n) is 5.52. The fourth-order valence-electron chi connectivity index (χ4n) is 1.81. The van der Waals surface area contributed by atoms with Crippen LogP contribution in [-0.4, -0.2) is 16.1 Å². The highest BCUT2D eigenvalue weighted by Crippen LogP contribution is 2.20. The SMILES string of the molecule is Cc1ccsc1C(=O)Nc1ccc2cn[nH]c2c1. The first-order valence-corrected chi connectivity index (χ1v) is 6.40. The second kappa shape index (κ2) is 4.27. The van der Waals surface area contributed by atoms with Gasteiger partial charge in [-0.2, -0.15) is 5.10 Å². The van der Waals surface area contributed by atoms with Gasteiger partial charge in [0, 0.05) is 11.1 Å². The first kappa shape index (κ1) is 11.0. The monoisotopic (exact) mass is 257 g/mol. The standard InChI is InChI=1S/C13H11N3OS/c1-8-4-5-18-12(8)13(17)15-10-3-2-9-7-14-16-11(9)6-10/h2-7H,1H3,(H,14,16)(H,15,17). The summed E-state index contributed by atoms with van der Waals surface area (Å²) in [5, 5.41) is 12.7. The summed E-state index contributed by atoms with van der Waals surface area (Å²) < 4.78 is 0. The topological polar surface area (TPSA) is 57.8 Å². The Morgan fingerprint density at radius 1 is 1.39 bits per heavy atom. The molecule has 90 valence electrons. The molecule has 0 unspecified atom stereocenters. The van der Waals surface area contributed by atoms with E-state index in [0.717, 1.165) is 27.0 Å². The van der Waals surface area contributed by atoms with Gasteiger partial charge in [0.1, 0.15) is 0 Å². The van der Waals surface area contributed by atoms with E-state index < -0.39 is 0 Å². The summed E-state index contributed by atoms with van der Waals surface area (Å²) in [6, 6.07) is 7.62. The van der Waals surface area contributed by atoms with Crippen molar-refractivity contribution in [1.82, 2.24) is 10.2 Å². The molecule has 1 amide bonds. The van der Waals surface area contributed by atoms with Crippen LogP contribution in [0.3, 0.4) is 0 Å². The summed E-state index contributed by atoms with van der Waals surface area (Å²) in [5.74, 6) is -0.0682. The quantitative estimate of drug-likeness (QED) is 0.740. The summed E-state index contributed by atoms with van der Waals surface area (Å²) in [4.78, 5) is 12.8. The zero-order valence-corrected chi connectivity index (χ0v) is 10.5. The Labute approximate surface area is 108 Å². The van der Waals surface area contributed by atoms with E-state index in [2.05, 4.69) is 15.5 Å². The Morgan fingerprint density at radius 3 is 3.06 bits per heavy atom. The number of benzene rings is 1. The van der Waals surface area contributed by atoms with E-state index in [1.807, 2.05) is 36.6 Å². The zero-order chi connectivity index (χ0) is 12.5. The van der Waals surface area contributed by atoms with Gasteiger partial charge in [-0.15, -0.1) is 11.3 Å². The van der Waals surface area contributed by atoms with Gasteiger partial charge in [-0.05, 0) is 42.1 Å². The van der Waals surface area contributed by atoms with Crippen LogP contribution in [-0.2, 0) is 0 Å². The molecule has 3 rings (SSSR count). The molecule has 2 heterocycles. The lowest BCUT2D eigenvalue weighted by atomic mass is 10.2. The number of fused-ring (bicyclic) bond motifs is 1. The Bertz CT molecular complexity index is 714. The average molecular weight is 257 g/mol. The Kier molecular flexibility index (Phi) is 2.60. The normalized spacial score (nSPS) is 10.7. The first-order chi connectivity index (χ1) is 8.74. The van der Waals surface area contributed by atoms with Crippen LogP contribution in [0.25, 0.3) is 10.9 Å². The molecule has 0 fully saturated rings. The van der Waals surface area contributed by atoms with E-state index in [1.165, 1.54) is 11.3 Å². The van der Waals surface area contributed by atoms with Crippen LogP contribution in [0.2, 0.25) is 0 Å². The van der Waals surface area contributed by atoms with Crippen LogP contribution in [0.15, 0.2) is 35.8 Å². The third-order valence-corrected chi connectivity index (χ3v) is 3.78. The van der Waals surface area contributed by atoms with Crippen molar-refractivity contribution in [1.29, 1.82) is 0 Å². The number of carbonyl (C=O) groups is 1. The highest BCUT2D eigenvalue weighted by molar-refractivity contribution is 7.12. The van der Waals surface area contributed by atoms with E-state index in [0.29, 0.717) is 0 Å². The molecule has 2 aromatic heterocycles. The molecule has 0 atom stereocenters. The number of rotatable bonds is 2. The molecule has 0 saturated carbocycles. The van der Waals surface area contributed by atoms with Crippen LogP contribution >= 0.6 is 11.3 Å². The van der Waals surface area contributed by atoms with Gasteiger partial charge in [0.05, 0.1) is 16.6 Å². The number of H-pyrrole nitrogens is 1. The van der Waals surface area contributed by atoms with Gasteiger partial charge in [0.15, 0.2) is 0 Å². The number of hydrogen-bond acceptors (Lipinski definition) is 3. The molecule has 0 radical (unpaired) electrons. The molecule has 18 heavy (non-hydrogen) atoms. The van der Waals surface area contributed by atoms with E-state index in [9.17, 15) is 4.79 Å². The van der Waals surface area contributed by atoms with Crippen molar-refractivity contribution in [2.24, 2.45) is 0 Å². The molecule has 0 aliphatic rings. The van der Waals surface area contributed by atoms with Gasteiger partial charge < -0.3 is 5.32 Å². The molecular weight excluding hydrogens is 246 g/mol. The number of hydrogen-bond donors (Lipinski definition) is 2. The van der Waals surface area contributed by atoms with Crippen LogP contribution in [0.4, 0.5) is 5.69 Å². The predicted molar refractivity (Wildman–Crippen MR) is 73.1 cm³/mol. The smallest absolute Gasteiger partial charge is 0.265 e. The second-order valence-electron chi connectivity index (χ2n) is 4.06. The minimum Gasteiger partial charge on any atom is -0.321 e. The zero-order valence-electron chi connectivity index (χ0n) is 9.73. The Balaban J connectivity index is 1.88. The van der Waals surface area contributed by atoms with E-state index in [1.54, 1.807) is 6.20 Å². The maximum absolute atomic E-state index is 12.0. The lowest BCUT2D eigenvalue weighted by molar-refractivity contribution is 0.103. The summed E-state index contributed by atoms with van der Waals surface area (Å²) in [7, 11) is 0. The maximum atomic E-state index is 12.0. The molecule has 2 N–H and O–H groups in total. The van der Waals surface area contributed by atoms with Crippen LogP contribution < -0.4 is 5.32 Å². The maximum Gasteiger partial charge on any atom is 0.265 e. The van der Waals surface area contributed by atoms with Gasteiger partial charge >= 0.3 is 0 Å². The van der Waals surface area contributed by atoms with Crippen molar-refractivity contribution < 1.29 is 4.79 Å². The van der Waals surface area contributed by atoms with Crippen molar-refractivity contribution in [3.63, 3.8) is 0 Å². The largest absolute Gasteiger partial charge is 0.321 e. The molecule has 1 aromatic carbocycles. The molecule has 0 aliphatic heterocycles. The molecular formula is C13H11N3OS. The van der Waals surface area contributed by atoms with Gasteiger partial charge in [-0.25, -0.2) is 0 Å². The Morgan fingerprint density at radius 2 is 2.28 bits per heavy atom. The molecule has 3 aromatic rings. The molecule has 5 heteroatoms. The number of nitrogens with one attached hydrogen (secondary N) is 2. The van der Waals surface area contributed by atoms with Gasteiger partial charge in [0.25, 0.3) is 5.91 Å². The summed E-state index contributed by atoms with van der Waals surface area (Å²) in [5.41, 5.74) is 2.68. The van der Waals surface area contributed by atoms with E-state index in [4.69, 9.17) is 0 Å². The highest BCUT2D eigenvalue weighted by atomic mass is 32.1. The van der Waals surface area contributed by atoms with Crippen molar-refractivity contribution in [3.8, 4) is 0 Å². The fourth-order valence-corrected chi connectivity index (χ4v) is 2.63. The number of anilines is 1. The summed E-state index contributed by atoms with van der Waals surface area (Å²) in [6.07, 6.45) is 1.75. The lowest BCUT2D eigenvalue weighted by Crippen LogP contribution is -2.11. The minimum atomic E-state index is -0.0682. The van der Waals surface area contributed by atoms with Gasteiger partial charge in [-0.1, -0.05) is 0 Å². The number of nitrogens with zero attached hydrogens (tertiary/aromatic N) is 1. The number of thiophene rings is 1. The van der Waals surface area contributed by atoms with Crippen LogP contribution in [0.1, 0.15) is 15.2 Å². The van der Waals surface area contributed by atoms with E-state index in [-0.39, 0.29) is 5.91 Å². The van der Waals surface area contributed by atoms with E-state index >= 15 is 0 Å². The van der Waals surface area contributed by atoms with Gasteiger partial charge in [0.2, 0.25) is 0 Å². The second-order valence-corrected chi connectivity index (χ2v) is 4.98. The fraction of sp³-hybridized carbons (Fsp3) is 0.0769. The summed E-state index contributed by atoms with van der Waals surface area (Å²) in [6.45, 7) is 1.93. The Hall–Kier alpha value is -2.14. The number of aryl methyl sites for hydroxylation is 1. The van der Waals surface area contributed by atoms with Crippen LogP contribution in [0, 0.1) is 6.92 Å². The molecule has 4 nitrogen and oxygen atoms in total. The van der Waals surface area contributed by atoms with Crippen molar-refractivity contribution in [3.05, 3.63) is 46.3 Å². The molecule has 0 saturated heterocycles. The number of amides is 1. The lowest BCUT2D eigenvalue weighted by Gasteiger charge is -2.04. The molecule has 0 aliphatic carbocycles. The number of carbonyl (C=O) groups excluding carboxylic acids is 1. The highest BCUT2D eigenvalue weighted by Gasteiger charge is 2.10. The summed E-state index contributed by atoms with van der Waals surface area (Å²) >= 11 is 1.45. The van der Waals surface area contributed by atoms with Crippen LogP contribution in [0.5, 0.6) is 0 Å². The van der Waals surface area contributed by atoms with Crippen molar-refractivity contribution in [2.45, 2.75) is 6.92 Å².